The van der Waals surface area contributed by atoms with Gasteiger partial charge in [-0.15, -0.1) is 0 Å². The fourth-order valence-corrected chi connectivity index (χ4v) is 3.63. The van der Waals surface area contributed by atoms with Crippen LogP contribution in [-0.2, 0) is 6.42 Å². The molecule has 0 unspecified atom stereocenters. The minimum atomic E-state index is 0.540. The number of aromatic amines is 1. The van der Waals surface area contributed by atoms with E-state index in [2.05, 4.69) is 46.3 Å². The van der Waals surface area contributed by atoms with Crippen LogP contribution < -0.4 is 0 Å². The van der Waals surface area contributed by atoms with Gasteiger partial charge in [-0.1, -0.05) is 24.3 Å². The lowest BCUT2D eigenvalue weighted by molar-refractivity contribution is 0.212. The summed E-state index contributed by atoms with van der Waals surface area (Å²) >= 11 is 0. The van der Waals surface area contributed by atoms with E-state index in [9.17, 15) is 0 Å². The number of aromatic nitrogens is 2. The summed E-state index contributed by atoms with van der Waals surface area (Å²) < 4.78 is 0. The maximum absolute atomic E-state index is 8.86. The summed E-state index contributed by atoms with van der Waals surface area (Å²) in [4.78, 5) is 10.8. The molecule has 2 heterocycles. The van der Waals surface area contributed by atoms with Gasteiger partial charge in [0.15, 0.2) is 0 Å². The molecule has 1 aromatic heterocycles. The van der Waals surface area contributed by atoms with Gasteiger partial charge >= 0.3 is 0 Å². The molecule has 1 aliphatic rings. The van der Waals surface area contributed by atoms with Gasteiger partial charge in [-0.2, -0.15) is 5.26 Å². The summed E-state index contributed by atoms with van der Waals surface area (Å²) in [5.41, 5.74) is 4.25. The van der Waals surface area contributed by atoms with Crippen molar-refractivity contribution in [2.45, 2.75) is 25.2 Å². The molecule has 3 aromatic rings. The number of benzene rings is 2. The van der Waals surface area contributed by atoms with Crippen LogP contribution in [0, 0.1) is 11.3 Å². The highest BCUT2D eigenvalue weighted by atomic mass is 15.1. The maximum atomic E-state index is 8.86. The third kappa shape index (κ3) is 3.57. The number of hydrogen-bond acceptors (Lipinski definition) is 3. The second kappa shape index (κ2) is 7.08. The summed E-state index contributed by atoms with van der Waals surface area (Å²) in [7, 11) is 0. The van der Waals surface area contributed by atoms with E-state index in [1.54, 1.807) is 0 Å². The van der Waals surface area contributed by atoms with E-state index < -0.39 is 0 Å². The van der Waals surface area contributed by atoms with Crippen molar-refractivity contribution < 1.29 is 0 Å². The fraction of sp³-hybridized carbons (Fsp3) is 0.333. The molecule has 0 saturated carbocycles. The van der Waals surface area contributed by atoms with Crippen LogP contribution in [0.1, 0.15) is 35.7 Å². The Labute approximate surface area is 148 Å². The predicted molar refractivity (Wildman–Crippen MR) is 99.4 cm³/mol. The largest absolute Gasteiger partial charge is 0.342 e. The van der Waals surface area contributed by atoms with Gasteiger partial charge in [0.05, 0.1) is 22.7 Å². The lowest BCUT2D eigenvalue weighted by Gasteiger charge is -2.31. The van der Waals surface area contributed by atoms with Crippen molar-refractivity contribution in [1.82, 2.24) is 14.9 Å². The Morgan fingerprint density at radius 3 is 2.56 bits per heavy atom. The minimum Gasteiger partial charge on any atom is -0.342 e. The van der Waals surface area contributed by atoms with Gasteiger partial charge in [-0.3, -0.25) is 0 Å². The first-order chi connectivity index (χ1) is 12.3. The number of fused-ring (bicyclic) bond motifs is 1. The monoisotopic (exact) mass is 330 g/mol. The van der Waals surface area contributed by atoms with Crippen LogP contribution in [0.2, 0.25) is 0 Å². The van der Waals surface area contributed by atoms with E-state index in [-0.39, 0.29) is 0 Å². The minimum absolute atomic E-state index is 0.540. The Morgan fingerprint density at radius 2 is 1.84 bits per heavy atom. The molecule has 0 spiro atoms. The Kier molecular flexibility index (Phi) is 4.49. The van der Waals surface area contributed by atoms with Crippen LogP contribution in [0.4, 0.5) is 0 Å². The number of likely N-dealkylation sites (tertiary alicyclic amines) is 1. The van der Waals surface area contributed by atoms with Gasteiger partial charge in [0, 0.05) is 12.5 Å². The zero-order valence-electron chi connectivity index (χ0n) is 14.3. The molecular weight excluding hydrogens is 308 g/mol. The maximum Gasteiger partial charge on any atom is 0.110 e. The highest BCUT2D eigenvalue weighted by Gasteiger charge is 2.22. The molecule has 126 valence electrons. The number of hydrogen-bond donors (Lipinski definition) is 1. The van der Waals surface area contributed by atoms with Crippen molar-refractivity contribution in [2.24, 2.45) is 0 Å². The third-order valence-electron chi connectivity index (χ3n) is 5.18. The Morgan fingerprint density at radius 1 is 1.08 bits per heavy atom. The summed E-state index contributed by atoms with van der Waals surface area (Å²) in [6.07, 6.45) is 3.36. The Bertz CT molecular complexity index is 847. The van der Waals surface area contributed by atoms with Crippen LogP contribution >= 0.6 is 0 Å². The number of para-hydroxylation sites is 2. The highest BCUT2D eigenvalue weighted by Crippen LogP contribution is 2.27. The van der Waals surface area contributed by atoms with Gasteiger partial charge in [-0.25, -0.2) is 4.98 Å². The van der Waals surface area contributed by atoms with E-state index in [4.69, 9.17) is 10.2 Å². The Hall–Kier alpha value is -2.64. The number of piperidine rings is 1. The smallest absolute Gasteiger partial charge is 0.110 e. The van der Waals surface area contributed by atoms with Crippen molar-refractivity contribution in [2.75, 3.05) is 19.6 Å². The molecule has 1 saturated heterocycles. The van der Waals surface area contributed by atoms with E-state index in [1.165, 1.54) is 5.56 Å². The molecule has 25 heavy (non-hydrogen) atoms. The average Bonchev–Trinajstić information content (AvgIpc) is 3.11. The molecule has 4 heteroatoms. The first kappa shape index (κ1) is 15.9. The number of nitriles is 1. The number of imidazole rings is 1. The molecule has 0 bridgehead atoms. The summed E-state index contributed by atoms with van der Waals surface area (Å²) in [6, 6.07) is 18.4. The first-order valence-electron chi connectivity index (χ1n) is 8.98. The van der Waals surface area contributed by atoms with E-state index in [1.807, 2.05) is 18.2 Å². The van der Waals surface area contributed by atoms with E-state index in [0.29, 0.717) is 5.92 Å². The standard InChI is InChI=1S/C21H22N4/c22-15-17-7-5-16(6-8-17)9-12-25-13-10-18(11-14-25)21-23-19-3-1-2-4-20(19)24-21/h1-8,18H,9-14H2,(H,23,24). The molecule has 0 amide bonds. The van der Waals surface area contributed by atoms with Crippen LogP contribution in [0.25, 0.3) is 11.0 Å². The number of nitrogens with one attached hydrogen (secondary N) is 1. The van der Waals surface area contributed by atoms with Crippen LogP contribution in [0.3, 0.4) is 0 Å². The SMILES string of the molecule is N#Cc1ccc(CCN2CCC(c3nc4ccccc4[nH]3)CC2)cc1. The zero-order valence-corrected chi connectivity index (χ0v) is 14.3. The van der Waals surface area contributed by atoms with Crippen LogP contribution in [0.15, 0.2) is 48.5 Å². The third-order valence-corrected chi connectivity index (χ3v) is 5.18. The zero-order chi connectivity index (χ0) is 17.1. The molecule has 2 aromatic carbocycles. The van der Waals surface area contributed by atoms with Crippen molar-refractivity contribution in [3.8, 4) is 6.07 Å². The molecule has 1 N–H and O–H groups in total. The fourth-order valence-electron chi connectivity index (χ4n) is 3.63. The molecule has 1 aliphatic heterocycles. The predicted octanol–water partition coefficient (Wildman–Crippen LogP) is 3.86. The number of H-pyrrole nitrogens is 1. The lowest BCUT2D eigenvalue weighted by Crippen LogP contribution is -2.34. The van der Waals surface area contributed by atoms with Crippen molar-refractivity contribution in [1.29, 1.82) is 5.26 Å². The topological polar surface area (TPSA) is 55.7 Å². The second-order valence-electron chi connectivity index (χ2n) is 6.81. The van der Waals surface area contributed by atoms with Gasteiger partial charge in [0.25, 0.3) is 0 Å². The van der Waals surface area contributed by atoms with Crippen LogP contribution in [-0.4, -0.2) is 34.5 Å². The second-order valence-corrected chi connectivity index (χ2v) is 6.81. The molecule has 0 radical (unpaired) electrons. The molecular formula is C21H22N4. The van der Waals surface area contributed by atoms with E-state index >= 15 is 0 Å². The van der Waals surface area contributed by atoms with Crippen molar-refractivity contribution in [3.63, 3.8) is 0 Å². The quantitative estimate of drug-likeness (QED) is 0.790. The molecule has 0 aliphatic carbocycles. The molecule has 1 fully saturated rings. The Balaban J connectivity index is 1.31. The summed E-state index contributed by atoms with van der Waals surface area (Å²) in [5.74, 6) is 1.69. The molecule has 4 nitrogen and oxygen atoms in total. The highest BCUT2D eigenvalue weighted by molar-refractivity contribution is 5.74. The van der Waals surface area contributed by atoms with Gasteiger partial charge in [0.1, 0.15) is 5.82 Å². The van der Waals surface area contributed by atoms with Crippen LogP contribution in [0.5, 0.6) is 0 Å². The van der Waals surface area contributed by atoms with Gasteiger partial charge in [0.2, 0.25) is 0 Å². The molecule has 4 rings (SSSR count). The lowest BCUT2D eigenvalue weighted by atomic mass is 9.96. The summed E-state index contributed by atoms with van der Waals surface area (Å²) in [5, 5.41) is 8.86. The normalized spacial score (nSPS) is 16.1. The van der Waals surface area contributed by atoms with Gasteiger partial charge < -0.3 is 9.88 Å². The first-order valence-corrected chi connectivity index (χ1v) is 8.98. The van der Waals surface area contributed by atoms with Crippen molar-refractivity contribution in [3.05, 3.63) is 65.5 Å². The van der Waals surface area contributed by atoms with E-state index in [0.717, 1.165) is 61.3 Å². The summed E-state index contributed by atoms with van der Waals surface area (Å²) in [6.45, 7) is 3.33. The number of nitrogens with zero attached hydrogens (tertiary/aromatic N) is 3. The van der Waals surface area contributed by atoms with Crippen molar-refractivity contribution >= 4 is 11.0 Å². The average molecular weight is 330 g/mol. The number of rotatable bonds is 4. The molecule has 0 atom stereocenters. The van der Waals surface area contributed by atoms with Gasteiger partial charge in [-0.05, 0) is 62.2 Å².